The van der Waals surface area contributed by atoms with Crippen molar-refractivity contribution in [2.24, 2.45) is 0 Å². The number of carbonyl (C=O) groups is 1. The van der Waals surface area contributed by atoms with Crippen molar-refractivity contribution in [1.29, 1.82) is 0 Å². The number of amides is 1. The summed E-state index contributed by atoms with van der Waals surface area (Å²) in [7, 11) is -4.03. The molecule has 0 aliphatic rings. The molecule has 0 fully saturated rings. The minimum atomic E-state index is -4.03. The summed E-state index contributed by atoms with van der Waals surface area (Å²) in [6.07, 6.45) is 1.47. The molecule has 0 aliphatic carbocycles. The summed E-state index contributed by atoms with van der Waals surface area (Å²) in [6.45, 7) is 0. The van der Waals surface area contributed by atoms with Gasteiger partial charge < -0.3 is 10.4 Å². The number of benzene rings is 3. The van der Waals surface area contributed by atoms with Crippen LogP contribution in [0.25, 0.3) is 5.69 Å². The second-order valence-corrected chi connectivity index (χ2v) is 8.99. The highest BCUT2D eigenvalue weighted by Gasteiger charge is 2.19. The van der Waals surface area contributed by atoms with Crippen molar-refractivity contribution < 1.29 is 22.7 Å². The Hall–Kier alpha value is -3.89. The van der Waals surface area contributed by atoms with E-state index in [9.17, 15) is 22.7 Å². The molecule has 1 aromatic heterocycles. The number of aromatic nitrogens is 2. The minimum absolute atomic E-state index is 0.0241. The van der Waals surface area contributed by atoms with Crippen LogP contribution in [0, 0.1) is 5.82 Å². The number of hydrogen-bond donors (Lipinski definition) is 3. The van der Waals surface area contributed by atoms with Crippen molar-refractivity contribution >= 4 is 38.9 Å². The van der Waals surface area contributed by atoms with Crippen molar-refractivity contribution in [1.82, 2.24) is 9.78 Å². The Kier molecular flexibility index (Phi) is 6.03. The van der Waals surface area contributed by atoms with Crippen LogP contribution in [-0.4, -0.2) is 29.2 Å². The van der Waals surface area contributed by atoms with Gasteiger partial charge in [-0.25, -0.2) is 17.5 Å². The number of anilines is 2. The fraction of sp³-hybridized carbons (Fsp3) is 0. The molecular weight excluding hydrogens is 471 g/mol. The van der Waals surface area contributed by atoms with E-state index in [0.717, 1.165) is 12.1 Å². The van der Waals surface area contributed by atoms with Crippen LogP contribution in [0.1, 0.15) is 10.5 Å². The molecule has 33 heavy (non-hydrogen) atoms. The van der Waals surface area contributed by atoms with Crippen LogP contribution in [0.2, 0.25) is 5.02 Å². The number of phenols is 1. The van der Waals surface area contributed by atoms with Gasteiger partial charge in [0.05, 0.1) is 22.0 Å². The third kappa shape index (κ3) is 5.13. The zero-order valence-corrected chi connectivity index (χ0v) is 18.3. The summed E-state index contributed by atoms with van der Waals surface area (Å²) >= 11 is 5.89. The minimum Gasteiger partial charge on any atom is -0.506 e. The van der Waals surface area contributed by atoms with Crippen molar-refractivity contribution in [2.75, 3.05) is 10.0 Å². The molecule has 0 radical (unpaired) electrons. The van der Waals surface area contributed by atoms with Gasteiger partial charge in [-0.1, -0.05) is 23.7 Å². The molecule has 0 saturated carbocycles. The Labute approximate surface area is 193 Å². The fourth-order valence-electron chi connectivity index (χ4n) is 2.94. The van der Waals surface area contributed by atoms with Crippen molar-refractivity contribution in [3.05, 3.63) is 95.5 Å². The van der Waals surface area contributed by atoms with E-state index >= 15 is 0 Å². The average molecular weight is 487 g/mol. The van der Waals surface area contributed by atoms with Gasteiger partial charge in [-0.3, -0.25) is 9.52 Å². The molecule has 11 heteroatoms. The zero-order valence-electron chi connectivity index (χ0n) is 16.7. The highest BCUT2D eigenvalue weighted by Crippen LogP contribution is 2.28. The first kappa shape index (κ1) is 22.3. The second-order valence-electron chi connectivity index (χ2n) is 6.87. The Balaban J connectivity index is 1.55. The lowest BCUT2D eigenvalue weighted by atomic mass is 10.3. The van der Waals surface area contributed by atoms with E-state index in [2.05, 4.69) is 15.1 Å². The quantitative estimate of drug-likeness (QED) is 0.349. The van der Waals surface area contributed by atoms with Crippen LogP contribution in [0.15, 0.2) is 83.9 Å². The van der Waals surface area contributed by atoms with E-state index in [-0.39, 0.29) is 27.7 Å². The molecule has 3 aromatic carbocycles. The fourth-order valence-corrected chi connectivity index (χ4v) is 4.21. The number of carbonyl (C=O) groups excluding carboxylic acids is 1. The van der Waals surface area contributed by atoms with E-state index in [4.69, 9.17) is 11.6 Å². The van der Waals surface area contributed by atoms with Crippen molar-refractivity contribution in [2.45, 2.75) is 4.90 Å². The monoisotopic (exact) mass is 486 g/mol. The largest absolute Gasteiger partial charge is 0.506 e. The van der Waals surface area contributed by atoms with E-state index < -0.39 is 21.7 Å². The van der Waals surface area contributed by atoms with E-state index in [1.54, 1.807) is 18.2 Å². The van der Waals surface area contributed by atoms with E-state index in [1.165, 1.54) is 53.3 Å². The second kappa shape index (κ2) is 8.93. The van der Waals surface area contributed by atoms with Gasteiger partial charge in [-0.05, 0) is 60.7 Å². The maximum atomic E-state index is 13.4. The summed E-state index contributed by atoms with van der Waals surface area (Å²) in [4.78, 5) is 12.4. The first-order chi connectivity index (χ1) is 15.7. The Morgan fingerprint density at radius 3 is 2.58 bits per heavy atom. The van der Waals surface area contributed by atoms with Gasteiger partial charge in [0, 0.05) is 11.2 Å². The number of nitrogens with one attached hydrogen (secondary N) is 2. The van der Waals surface area contributed by atoms with Crippen molar-refractivity contribution in [3.8, 4) is 11.4 Å². The number of hydrogen-bond acceptors (Lipinski definition) is 5. The predicted molar refractivity (Wildman–Crippen MR) is 122 cm³/mol. The van der Waals surface area contributed by atoms with Gasteiger partial charge in [-0.15, -0.1) is 0 Å². The van der Waals surface area contributed by atoms with E-state index in [0.29, 0.717) is 10.7 Å². The maximum Gasteiger partial charge on any atom is 0.276 e. The summed E-state index contributed by atoms with van der Waals surface area (Å²) in [5.41, 5.74) is 0.513. The molecule has 0 unspecified atom stereocenters. The number of aromatic hydroxyl groups is 1. The van der Waals surface area contributed by atoms with Gasteiger partial charge in [0.2, 0.25) is 0 Å². The molecule has 0 bridgehead atoms. The maximum absolute atomic E-state index is 13.4. The van der Waals surface area contributed by atoms with Gasteiger partial charge in [-0.2, -0.15) is 5.10 Å². The van der Waals surface area contributed by atoms with Crippen LogP contribution in [0.5, 0.6) is 5.75 Å². The molecule has 3 N–H and O–H groups in total. The zero-order chi connectivity index (χ0) is 23.6. The lowest BCUT2D eigenvalue weighted by Crippen LogP contribution is -2.16. The lowest BCUT2D eigenvalue weighted by Gasteiger charge is -2.11. The van der Waals surface area contributed by atoms with Crippen LogP contribution in [0.3, 0.4) is 0 Å². The molecule has 8 nitrogen and oxygen atoms in total. The Morgan fingerprint density at radius 2 is 1.82 bits per heavy atom. The first-order valence-corrected chi connectivity index (χ1v) is 11.3. The third-order valence-electron chi connectivity index (χ3n) is 4.50. The lowest BCUT2D eigenvalue weighted by molar-refractivity contribution is 0.102. The molecule has 1 amide bonds. The van der Waals surface area contributed by atoms with Crippen LogP contribution in [-0.2, 0) is 10.0 Å². The molecule has 0 atom stereocenters. The predicted octanol–water partition coefficient (Wildman–Crippen LogP) is 4.42. The molecule has 1 heterocycles. The first-order valence-electron chi connectivity index (χ1n) is 9.46. The topological polar surface area (TPSA) is 113 Å². The Bertz CT molecular complexity index is 1460. The Morgan fingerprint density at radius 1 is 1.03 bits per heavy atom. The van der Waals surface area contributed by atoms with E-state index in [1.807, 2.05) is 0 Å². The van der Waals surface area contributed by atoms with Gasteiger partial charge in [0.1, 0.15) is 11.6 Å². The molecule has 0 aliphatic heterocycles. The van der Waals surface area contributed by atoms with Crippen LogP contribution >= 0.6 is 11.6 Å². The van der Waals surface area contributed by atoms with Crippen molar-refractivity contribution in [3.63, 3.8) is 0 Å². The average Bonchev–Trinajstić information content (AvgIpc) is 3.25. The van der Waals surface area contributed by atoms with Crippen LogP contribution < -0.4 is 10.0 Å². The number of halogens is 2. The summed E-state index contributed by atoms with van der Waals surface area (Å²) in [5, 5.41) is 17.0. The number of phenolic OH excluding ortho intramolecular Hbond substituents is 1. The summed E-state index contributed by atoms with van der Waals surface area (Å²) in [5.74, 6) is -1.49. The molecule has 4 rings (SSSR count). The number of rotatable bonds is 6. The molecule has 0 saturated heterocycles. The van der Waals surface area contributed by atoms with Crippen LogP contribution in [0.4, 0.5) is 15.8 Å². The van der Waals surface area contributed by atoms with Gasteiger partial charge >= 0.3 is 0 Å². The number of nitrogens with zero attached hydrogens (tertiary/aromatic N) is 2. The third-order valence-corrected chi connectivity index (χ3v) is 6.11. The molecular formula is C22H16ClFN4O4S. The highest BCUT2D eigenvalue weighted by molar-refractivity contribution is 7.92. The van der Waals surface area contributed by atoms with Gasteiger partial charge in [0.15, 0.2) is 5.69 Å². The smallest absolute Gasteiger partial charge is 0.276 e. The number of sulfonamides is 1. The summed E-state index contributed by atoms with van der Waals surface area (Å²) < 4.78 is 42.6. The summed E-state index contributed by atoms with van der Waals surface area (Å²) in [6, 6.07) is 16.7. The SMILES string of the molecule is O=C(Nc1cc(S(=O)(=O)Nc2cccc(Cl)c2)ccc1O)c1ccn(-c2cccc(F)c2)n1. The molecule has 4 aromatic rings. The standard InChI is InChI=1S/C22H16ClFN4O4S/c23-14-3-1-5-16(11-14)27-33(31,32)18-7-8-21(29)20(13-18)25-22(30)19-9-10-28(26-19)17-6-2-4-15(24)12-17/h1-13,27,29H,(H,25,30). The van der Waals surface area contributed by atoms with Gasteiger partial charge in [0.25, 0.3) is 15.9 Å². The normalized spacial score (nSPS) is 11.2. The molecule has 0 spiro atoms. The molecule has 168 valence electrons. The highest BCUT2D eigenvalue weighted by atomic mass is 35.5.